The molecule has 0 aliphatic heterocycles. The quantitative estimate of drug-likeness (QED) is 0.0119. The highest BCUT2D eigenvalue weighted by Gasteiger charge is 2.45. The van der Waals surface area contributed by atoms with Crippen molar-refractivity contribution in [2.24, 2.45) is 46.3 Å². The third kappa shape index (κ3) is 25.8. The first-order chi connectivity index (χ1) is 49.2. The first-order valence-corrected chi connectivity index (χ1v) is 39.0. The van der Waals surface area contributed by atoms with E-state index in [0.29, 0.717) is 17.6 Å². The lowest BCUT2D eigenvalue weighted by molar-refractivity contribution is -0.166. The second kappa shape index (κ2) is 44.0. The minimum Gasteiger partial charge on any atom is -0.481 e. The number of fused-ring (bicyclic) bond motifs is 6. The molecule has 14 heteroatoms. The number of rotatable bonds is 51. The molecule has 0 amide bonds. The molecule has 0 saturated carbocycles. The van der Waals surface area contributed by atoms with Gasteiger partial charge in [-0.15, -0.1) is 0 Å². The fourth-order valence-electron chi connectivity index (χ4n) is 14.9. The van der Waals surface area contributed by atoms with Gasteiger partial charge in [0.1, 0.15) is 36.5 Å². The van der Waals surface area contributed by atoms with Crippen molar-refractivity contribution in [2.45, 2.75) is 261 Å². The van der Waals surface area contributed by atoms with Gasteiger partial charge in [-0.25, -0.2) is 9.59 Å². The van der Waals surface area contributed by atoms with Crippen LogP contribution >= 0.6 is 0 Å². The van der Waals surface area contributed by atoms with Gasteiger partial charge in [-0.1, -0.05) is 339 Å². The van der Waals surface area contributed by atoms with Crippen LogP contribution in [0.2, 0.25) is 0 Å². The third-order valence-corrected chi connectivity index (χ3v) is 20.9. The third-order valence-electron chi connectivity index (χ3n) is 20.9. The van der Waals surface area contributed by atoms with Crippen molar-refractivity contribution in [3.8, 4) is 34.4 Å². The zero-order chi connectivity index (χ0) is 73.9. The summed E-state index contributed by atoms with van der Waals surface area (Å²) in [6.07, 6.45) is 33.4. The number of carboxylic acids is 2. The number of unbranched alkanes of at least 4 members (excludes halogenated alkanes) is 26. The monoisotopic (exact) mass is 1400 g/mol. The maximum Gasteiger partial charge on any atom is 0.349 e. The van der Waals surface area contributed by atoms with Gasteiger partial charge in [0.15, 0.2) is 0 Å². The van der Waals surface area contributed by atoms with Crippen LogP contribution in [-0.4, -0.2) is 72.5 Å². The number of nitriles is 2. The molecular weight excluding hydrogens is 1280 g/mol. The van der Waals surface area contributed by atoms with E-state index in [2.05, 4.69) is 26.0 Å². The summed E-state index contributed by atoms with van der Waals surface area (Å²) in [7, 11) is 0. The Morgan fingerprint density at radius 3 is 0.990 bits per heavy atom. The van der Waals surface area contributed by atoms with Crippen molar-refractivity contribution in [3.63, 3.8) is 0 Å². The van der Waals surface area contributed by atoms with Gasteiger partial charge in [0.05, 0.1) is 36.9 Å². The molecule has 554 valence electrons. The lowest BCUT2D eigenvalue weighted by Gasteiger charge is -2.34. The smallest absolute Gasteiger partial charge is 0.349 e. The summed E-state index contributed by atoms with van der Waals surface area (Å²) >= 11 is 0. The van der Waals surface area contributed by atoms with E-state index in [9.17, 15) is 44.7 Å². The van der Waals surface area contributed by atoms with E-state index in [1.165, 1.54) is 122 Å². The molecule has 0 heterocycles. The Balaban J connectivity index is 1.18. The number of carbonyl (C=O) groups is 6. The molecule has 0 radical (unpaired) electrons. The predicted molar refractivity (Wildman–Crippen MR) is 405 cm³/mol. The van der Waals surface area contributed by atoms with Gasteiger partial charge in [0, 0.05) is 22.0 Å². The second-order valence-electron chi connectivity index (χ2n) is 30.9. The largest absolute Gasteiger partial charge is 0.481 e. The van der Waals surface area contributed by atoms with Gasteiger partial charge < -0.3 is 29.2 Å². The van der Waals surface area contributed by atoms with Crippen molar-refractivity contribution >= 4 is 47.0 Å². The molecule has 2 N–H and O–H groups in total. The number of carbonyl (C=O) groups excluding carboxylic acids is 4. The van der Waals surface area contributed by atoms with E-state index < -0.39 is 76.2 Å². The summed E-state index contributed by atoms with van der Waals surface area (Å²) in [4.78, 5) is 85.3. The van der Waals surface area contributed by atoms with Crippen molar-refractivity contribution < 1.29 is 57.9 Å². The van der Waals surface area contributed by atoms with Gasteiger partial charge >= 0.3 is 35.8 Å². The van der Waals surface area contributed by atoms with Crippen LogP contribution in [0.4, 0.5) is 0 Å². The molecule has 6 atom stereocenters. The first-order valence-electron chi connectivity index (χ1n) is 39.0. The molecule has 2 aliphatic carbocycles. The summed E-state index contributed by atoms with van der Waals surface area (Å²) in [5, 5.41) is 43.7. The first kappa shape index (κ1) is 83.1. The lowest BCUT2D eigenvalue weighted by atomic mass is 9.70. The second-order valence-corrected chi connectivity index (χ2v) is 30.9. The zero-order valence-electron chi connectivity index (χ0n) is 63.0. The van der Waals surface area contributed by atoms with Crippen molar-refractivity contribution in [2.75, 3.05) is 26.4 Å². The van der Waals surface area contributed by atoms with Gasteiger partial charge in [0.2, 0.25) is 0 Å². The average molecular weight is 1400 g/mol. The van der Waals surface area contributed by atoms with Crippen LogP contribution in [0.5, 0.6) is 0 Å². The minimum atomic E-state index is -1.42. The summed E-state index contributed by atoms with van der Waals surface area (Å²) in [5.41, 5.74) is 5.16. The van der Waals surface area contributed by atoms with E-state index in [-0.39, 0.29) is 62.8 Å². The number of hydrogen-bond donors (Lipinski definition) is 2. The van der Waals surface area contributed by atoms with E-state index in [1.807, 2.05) is 104 Å². The SMILES string of the molecule is CCCCCCCCCCCCCCCCC(C)CC(C(=O)OCC(C)(C)COC(=O)C(C#N)=C1c2ccccc2-c2ccccc21)C(C(=O)O)C(CCCCCCCCCCCCCCCC)CC(C(=O)O)C(C)C(=O)OCC(C)(C)COC(=O)C(C#N)=C1c2ccccc2-c2ccccc21. The van der Waals surface area contributed by atoms with Gasteiger partial charge in [-0.3, -0.25) is 19.2 Å². The fourth-order valence-corrected chi connectivity index (χ4v) is 14.9. The maximum absolute atomic E-state index is 15.2. The number of carboxylic acid groups (broad SMARTS) is 2. The van der Waals surface area contributed by atoms with Crippen molar-refractivity contribution in [1.82, 2.24) is 0 Å². The molecule has 102 heavy (non-hydrogen) atoms. The molecule has 0 bridgehead atoms. The van der Waals surface area contributed by atoms with Crippen LogP contribution in [-0.2, 0) is 47.7 Å². The highest BCUT2D eigenvalue weighted by molar-refractivity contribution is 6.13. The van der Waals surface area contributed by atoms with Gasteiger partial charge in [0.25, 0.3) is 0 Å². The number of nitrogens with zero attached hydrogens (tertiary/aromatic N) is 2. The van der Waals surface area contributed by atoms with Crippen LogP contribution in [0, 0.1) is 69.0 Å². The molecule has 6 unspecified atom stereocenters. The zero-order valence-corrected chi connectivity index (χ0v) is 63.0. The summed E-state index contributed by atoms with van der Waals surface area (Å²) in [6, 6.07) is 34.4. The van der Waals surface area contributed by atoms with Crippen LogP contribution < -0.4 is 0 Å². The topological polar surface area (TPSA) is 227 Å². The van der Waals surface area contributed by atoms with Crippen LogP contribution in [0.25, 0.3) is 33.4 Å². The maximum atomic E-state index is 15.2. The van der Waals surface area contributed by atoms with E-state index in [4.69, 9.17) is 18.9 Å². The molecule has 4 aromatic carbocycles. The molecule has 4 aromatic rings. The Morgan fingerprint density at radius 1 is 0.382 bits per heavy atom. The Kier molecular flexibility index (Phi) is 35.8. The highest BCUT2D eigenvalue weighted by Crippen LogP contribution is 2.48. The number of aliphatic carboxylic acids is 2. The van der Waals surface area contributed by atoms with E-state index >= 15 is 4.79 Å². The Bertz CT molecular complexity index is 3390. The van der Waals surface area contributed by atoms with Crippen LogP contribution in [0.3, 0.4) is 0 Å². The van der Waals surface area contributed by atoms with Crippen LogP contribution in [0.15, 0.2) is 108 Å². The average Bonchev–Trinajstić information content (AvgIpc) is 1.61. The van der Waals surface area contributed by atoms with Crippen molar-refractivity contribution in [3.05, 3.63) is 130 Å². The number of benzene rings is 4. The molecule has 2 aliphatic rings. The highest BCUT2D eigenvalue weighted by atomic mass is 16.6. The molecule has 0 saturated heterocycles. The Morgan fingerprint density at radius 2 is 0.676 bits per heavy atom. The number of ether oxygens (including phenoxy) is 4. The Hall–Kier alpha value is -7.84. The molecule has 0 spiro atoms. The summed E-state index contributed by atoms with van der Waals surface area (Å²) in [6.45, 7) is 13.9. The normalized spacial score (nSPS) is 13.9. The lowest BCUT2D eigenvalue weighted by Crippen LogP contribution is -2.41. The molecule has 6 rings (SSSR count). The molecular formula is C88H120N2O12. The minimum absolute atomic E-state index is 0.119. The summed E-state index contributed by atoms with van der Waals surface area (Å²) in [5.74, 6) is -12.1. The summed E-state index contributed by atoms with van der Waals surface area (Å²) < 4.78 is 23.8. The predicted octanol–water partition coefficient (Wildman–Crippen LogP) is 21.7. The molecule has 14 nitrogen and oxygen atoms in total. The van der Waals surface area contributed by atoms with E-state index in [1.54, 1.807) is 27.7 Å². The molecule has 0 aromatic heterocycles. The van der Waals surface area contributed by atoms with Crippen molar-refractivity contribution in [1.29, 1.82) is 10.5 Å². The van der Waals surface area contributed by atoms with Gasteiger partial charge in [-0.2, -0.15) is 10.5 Å². The standard InChI is InChI=1S/C88H120N2O12/c1-9-11-13-15-17-19-21-23-25-27-29-31-33-35-45-63(3)55-75(84(96)100-60-88(7,8)62-102-86(98)77(58-90)80-72-53-43-39-49-68(72)69-50-40-44-54-73(69)80)78(82(93)94)65(46-36-34-32-30-28-26-24-22-20-18-16-14-12-10-2)56-74(81(91)92)64(4)83(95)99-59-87(5,6)61-101-85(97)76(57-89)79-70-51-41-37-47-66(70)67-48-38-42-52-71(67)79/h37-44,47-54,63-65,74-75,78H,9-36,45-46,55-56,59-62H2,1-8H3,(H,91,92)(H,93,94). The van der Waals surface area contributed by atoms with E-state index in [0.717, 1.165) is 109 Å². The molecule has 0 fully saturated rings. The fraction of sp³-hybridized carbons (Fsp3) is 0.591. The van der Waals surface area contributed by atoms with Gasteiger partial charge in [-0.05, 0) is 75.6 Å². The number of hydrogen-bond acceptors (Lipinski definition) is 12. The van der Waals surface area contributed by atoms with Crippen LogP contribution in [0.1, 0.15) is 283 Å². The Labute approximate surface area is 610 Å². The number of esters is 4.